The van der Waals surface area contributed by atoms with Gasteiger partial charge in [0.1, 0.15) is 17.5 Å². The van der Waals surface area contributed by atoms with Crippen LogP contribution < -0.4 is 5.32 Å². The Bertz CT molecular complexity index is 1070. The van der Waals surface area contributed by atoms with Gasteiger partial charge in [-0.15, -0.1) is 5.10 Å². The number of halogens is 3. The second-order valence-electron chi connectivity index (χ2n) is 7.81. The molecule has 1 unspecified atom stereocenters. The summed E-state index contributed by atoms with van der Waals surface area (Å²) >= 11 is 0. The van der Waals surface area contributed by atoms with E-state index in [1.54, 1.807) is 35.8 Å². The van der Waals surface area contributed by atoms with Crippen LogP contribution in [-0.2, 0) is 0 Å². The molecule has 0 radical (unpaired) electrons. The first kappa shape index (κ1) is 21.0. The maximum Gasteiger partial charge on any atom is 0.273 e. The second-order valence-corrected chi connectivity index (χ2v) is 7.81. The number of likely N-dealkylation sites (N-methyl/N-ethyl adjacent to an activating group) is 1. The molecule has 6 nitrogen and oxygen atoms in total. The zero-order valence-electron chi connectivity index (χ0n) is 17.1. The Morgan fingerprint density at radius 2 is 1.77 bits per heavy atom. The van der Waals surface area contributed by atoms with Gasteiger partial charge in [0.2, 0.25) is 0 Å². The number of carbonyl (C=O) groups excluding carboxylic acids is 1. The van der Waals surface area contributed by atoms with Crippen LogP contribution in [0.25, 0.3) is 5.69 Å². The molecular formula is C22H22F3N5O. The largest absolute Gasteiger partial charge is 0.349 e. The van der Waals surface area contributed by atoms with Gasteiger partial charge in [-0.1, -0.05) is 11.3 Å². The van der Waals surface area contributed by atoms with E-state index in [1.165, 1.54) is 30.3 Å². The Kier molecular flexibility index (Phi) is 5.77. The van der Waals surface area contributed by atoms with E-state index < -0.39 is 23.6 Å². The fourth-order valence-corrected chi connectivity index (χ4v) is 3.59. The van der Waals surface area contributed by atoms with Crippen molar-refractivity contribution in [3.8, 4) is 5.69 Å². The zero-order valence-corrected chi connectivity index (χ0v) is 17.1. The van der Waals surface area contributed by atoms with Gasteiger partial charge in [0.05, 0.1) is 17.4 Å². The number of rotatable bonds is 7. The highest BCUT2D eigenvalue weighted by molar-refractivity contribution is 5.93. The second kappa shape index (κ2) is 8.50. The van der Waals surface area contributed by atoms with Crippen molar-refractivity contribution < 1.29 is 18.0 Å². The Labute approximate surface area is 177 Å². The topological polar surface area (TPSA) is 63.1 Å². The molecule has 1 saturated carbocycles. The number of amides is 1. The number of aromatic nitrogens is 3. The molecule has 1 aliphatic rings. The molecule has 0 saturated heterocycles. The quantitative estimate of drug-likeness (QED) is 0.624. The number of carbonyl (C=O) groups is 1. The lowest BCUT2D eigenvalue weighted by Gasteiger charge is -2.25. The predicted molar refractivity (Wildman–Crippen MR) is 108 cm³/mol. The molecule has 162 valence electrons. The lowest BCUT2D eigenvalue weighted by Crippen LogP contribution is -2.36. The lowest BCUT2D eigenvalue weighted by molar-refractivity contribution is 0.0934. The molecule has 9 heteroatoms. The number of benzene rings is 2. The summed E-state index contributed by atoms with van der Waals surface area (Å²) in [6.07, 6.45) is 1.80. The van der Waals surface area contributed by atoms with Gasteiger partial charge in [0.25, 0.3) is 5.91 Å². The van der Waals surface area contributed by atoms with Gasteiger partial charge in [-0.25, -0.2) is 17.9 Å². The summed E-state index contributed by atoms with van der Waals surface area (Å²) in [5.74, 6) is -2.05. The lowest BCUT2D eigenvalue weighted by atomic mass is 10.0. The molecular weight excluding hydrogens is 407 g/mol. The molecule has 1 aliphatic carbocycles. The number of nitrogens with one attached hydrogen (secondary N) is 1. The summed E-state index contributed by atoms with van der Waals surface area (Å²) < 4.78 is 43.4. The zero-order chi connectivity index (χ0) is 22.1. The van der Waals surface area contributed by atoms with Crippen molar-refractivity contribution in [2.24, 2.45) is 0 Å². The first-order valence-electron chi connectivity index (χ1n) is 9.97. The van der Waals surface area contributed by atoms with Crippen LogP contribution >= 0.6 is 0 Å². The molecule has 1 atom stereocenters. The molecule has 0 spiro atoms. The Balaban J connectivity index is 1.58. The van der Waals surface area contributed by atoms with Crippen molar-refractivity contribution in [1.29, 1.82) is 0 Å². The Hall–Kier alpha value is -3.20. The maximum atomic E-state index is 14.3. The molecule has 4 rings (SSSR count). The Morgan fingerprint density at radius 3 is 2.35 bits per heavy atom. The normalized spacial score (nSPS) is 14.6. The third-order valence-corrected chi connectivity index (χ3v) is 5.37. The summed E-state index contributed by atoms with van der Waals surface area (Å²) in [6, 6.07) is 8.75. The van der Waals surface area contributed by atoms with Crippen molar-refractivity contribution in [1.82, 2.24) is 25.2 Å². The van der Waals surface area contributed by atoms with E-state index in [2.05, 4.69) is 15.6 Å². The number of hydrogen-bond acceptors (Lipinski definition) is 4. The van der Waals surface area contributed by atoms with Gasteiger partial charge >= 0.3 is 0 Å². The minimum Gasteiger partial charge on any atom is -0.349 e. The third-order valence-electron chi connectivity index (χ3n) is 5.37. The standard InChI is InChI=1S/C22H22F3N5O/c1-29(2)18(19-16(24)4-3-5-17(19)25)12-26-22(31)20-21(13-6-7-13)30(28-27-20)15-10-8-14(23)9-11-15/h3-5,8-11,13,18H,6-7,12H2,1-2H3,(H,26,31). The van der Waals surface area contributed by atoms with Crippen LogP contribution in [0.2, 0.25) is 0 Å². The van der Waals surface area contributed by atoms with Gasteiger partial charge < -0.3 is 10.2 Å². The molecule has 1 heterocycles. The smallest absolute Gasteiger partial charge is 0.273 e. The average molecular weight is 429 g/mol. The van der Waals surface area contributed by atoms with Crippen LogP contribution in [0, 0.1) is 17.5 Å². The molecule has 31 heavy (non-hydrogen) atoms. The summed E-state index contributed by atoms with van der Waals surface area (Å²) in [4.78, 5) is 14.6. The molecule has 2 aromatic carbocycles. The maximum absolute atomic E-state index is 14.3. The van der Waals surface area contributed by atoms with Gasteiger partial charge in [0, 0.05) is 18.0 Å². The predicted octanol–water partition coefficient (Wildman–Crippen LogP) is 3.59. The Morgan fingerprint density at radius 1 is 1.13 bits per heavy atom. The van der Waals surface area contributed by atoms with Crippen LogP contribution in [-0.4, -0.2) is 46.4 Å². The van der Waals surface area contributed by atoms with E-state index in [1.807, 2.05) is 0 Å². The molecule has 1 amide bonds. The third kappa shape index (κ3) is 4.32. The fraction of sp³-hybridized carbons (Fsp3) is 0.318. The molecule has 3 aromatic rings. The van der Waals surface area contributed by atoms with Crippen molar-refractivity contribution >= 4 is 5.91 Å². The highest BCUT2D eigenvalue weighted by Gasteiger charge is 2.34. The van der Waals surface area contributed by atoms with Gasteiger partial charge in [0.15, 0.2) is 5.69 Å². The van der Waals surface area contributed by atoms with Gasteiger partial charge in [-0.3, -0.25) is 4.79 Å². The van der Waals surface area contributed by atoms with Gasteiger partial charge in [-0.05, 0) is 63.3 Å². The van der Waals surface area contributed by atoms with E-state index in [0.717, 1.165) is 12.8 Å². The monoisotopic (exact) mass is 429 g/mol. The minimum absolute atomic E-state index is 0.0167. The van der Waals surface area contributed by atoms with Crippen molar-refractivity contribution in [2.75, 3.05) is 20.6 Å². The van der Waals surface area contributed by atoms with Crippen LogP contribution in [0.5, 0.6) is 0 Å². The molecule has 1 aromatic heterocycles. The van der Waals surface area contributed by atoms with E-state index in [0.29, 0.717) is 11.4 Å². The van der Waals surface area contributed by atoms with Crippen molar-refractivity contribution in [2.45, 2.75) is 24.8 Å². The van der Waals surface area contributed by atoms with Crippen molar-refractivity contribution in [3.05, 3.63) is 76.9 Å². The molecule has 1 fully saturated rings. The molecule has 1 N–H and O–H groups in total. The van der Waals surface area contributed by atoms with E-state index >= 15 is 0 Å². The van der Waals surface area contributed by atoms with E-state index in [9.17, 15) is 18.0 Å². The fourth-order valence-electron chi connectivity index (χ4n) is 3.59. The van der Waals surface area contributed by atoms with Crippen LogP contribution in [0.15, 0.2) is 42.5 Å². The van der Waals surface area contributed by atoms with E-state index in [-0.39, 0.29) is 29.5 Å². The highest BCUT2D eigenvalue weighted by atomic mass is 19.1. The molecule has 0 bridgehead atoms. The van der Waals surface area contributed by atoms with Crippen molar-refractivity contribution in [3.63, 3.8) is 0 Å². The van der Waals surface area contributed by atoms with E-state index in [4.69, 9.17) is 0 Å². The summed E-state index contributed by atoms with van der Waals surface area (Å²) in [6.45, 7) is -0.0167. The first-order valence-corrected chi connectivity index (χ1v) is 9.97. The summed E-state index contributed by atoms with van der Waals surface area (Å²) in [5, 5.41) is 10.9. The summed E-state index contributed by atoms with van der Waals surface area (Å²) in [7, 11) is 3.37. The minimum atomic E-state index is -0.707. The first-order chi connectivity index (χ1) is 14.9. The molecule has 0 aliphatic heterocycles. The number of nitrogens with zero attached hydrogens (tertiary/aromatic N) is 4. The number of hydrogen-bond donors (Lipinski definition) is 1. The highest BCUT2D eigenvalue weighted by Crippen LogP contribution is 2.42. The SMILES string of the molecule is CN(C)C(CNC(=O)c1nnn(-c2ccc(F)cc2)c1C1CC1)c1c(F)cccc1F. The van der Waals surface area contributed by atoms with Crippen LogP contribution in [0.1, 0.15) is 46.5 Å². The van der Waals surface area contributed by atoms with Crippen LogP contribution in [0.3, 0.4) is 0 Å². The average Bonchev–Trinajstić information content (AvgIpc) is 3.48. The van der Waals surface area contributed by atoms with Crippen LogP contribution in [0.4, 0.5) is 13.2 Å². The summed E-state index contributed by atoms with van der Waals surface area (Å²) in [5.41, 5.74) is 1.32. The van der Waals surface area contributed by atoms with Gasteiger partial charge in [-0.2, -0.15) is 0 Å².